The van der Waals surface area contributed by atoms with Crippen LogP contribution in [0.3, 0.4) is 0 Å². The second-order valence-corrected chi connectivity index (χ2v) is 4.92. The molecular weight excluding hydrogens is 206 g/mol. The molecule has 0 saturated heterocycles. The van der Waals surface area contributed by atoms with Crippen molar-refractivity contribution in [2.45, 2.75) is 25.6 Å². The van der Waals surface area contributed by atoms with Gasteiger partial charge in [-0.1, -0.05) is 13.8 Å². The third-order valence-corrected chi connectivity index (χ3v) is 3.57. The van der Waals surface area contributed by atoms with Crippen molar-refractivity contribution in [2.75, 3.05) is 0 Å². The zero-order valence-corrected chi connectivity index (χ0v) is 8.83. The molecule has 0 aromatic heterocycles. The van der Waals surface area contributed by atoms with E-state index in [-0.39, 0.29) is 10.8 Å². The first kappa shape index (κ1) is 9.91. The Bertz CT molecular complexity index is 385. The van der Waals surface area contributed by atoms with Crippen LogP contribution in [0.25, 0.3) is 0 Å². The van der Waals surface area contributed by atoms with Gasteiger partial charge in [0, 0.05) is 11.6 Å². The second-order valence-electron chi connectivity index (χ2n) is 4.49. The van der Waals surface area contributed by atoms with Crippen LogP contribution in [0, 0.1) is 17.0 Å². The van der Waals surface area contributed by atoms with Crippen LogP contribution >= 0.6 is 11.6 Å². The van der Waals surface area contributed by atoms with E-state index in [1.165, 1.54) is 6.07 Å². The SMILES string of the molecule is CC1(C)Cc2cc(F)cc(F)c2C1Cl. The van der Waals surface area contributed by atoms with E-state index in [2.05, 4.69) is 0 Å². The Balaban J connectivity index is 2.59. The van der Waals surface area contributed by atoms with Gasteiger partial charge in [-0.25, -0.2) is 8.78 Å². The maximum absolute atomic E-state index is 13.4. The van der Waals surface area contributed by atoms with Crippen molar-refractivity contribution in [3.05, 3.63) is 34.9 Å². The molecule has 0 amide bonds. The summed E-state index contributed by atoms with van der Waals surface area (Å²) in [5.41, 5.74) is 0.976. The number of alkyl halides is 1. The minimum absolute atomic E-state index is 0.196. The molecule has 76 valence electrons. The third kappa shape index (κ3) is 1.33. The monoisotopic (exact) mass is 216 g/mol. The zero-order chi connectivity index (χ0) is 10.5. The Morgan fingerprint density at radius 2 is 2.00 bits per heavy atom. The van der Waals surface area contributed by atoms with Crippen LogP contribution in [-0.2, 0) is 6.42 Å². The van der Waals surface area contributed by atoms with Gasteiger partial charge in [0.05, 0.1) is 5.38 Å². The molecule has 1 atom stereocenters. The van der Waals surface area contributed by atoms with Crippen LogP contribution < -0.4 is 0 Å². The summed E-state index contributed by atoms with van der Waals surface area (Å²) in [6.07, 6.45) is 0.630. The summed E-state index contributed by atoms with van der Waals surface area (Å²) in [6.45, 7) is 3.92. The summed E-state index contributed by atoms with van der Waals surface area (Å²) < 4.78 is 26.3. The van der Waals surface area contributed by atoms with E-state index in [1.54, 1.807) is 0 Å². The first-order valence-electron chi connectivity index (χ1n) is 4.54. The largest absolute Gasteiger partial charge is 0.207 e. The molecule has 0 saturated carbocycles. The molecule has 0 N–H and O–H groups in total. The molecule has 0 spiro atoms. The smallest absolute Gasteiger partial charge is 0.131 e. The van der Waals surface area contributed by atoms with E-state index in [4.69, 9.17) is 11.6 Å². The Hall–Kier alpha value is -0.630. The number of halogens is 3. The molecule has 1 aromatic carbocycles. The molecular formula is C11H11ClF2. The molecule has 0 radical (unpaired) electrons. The molecule has 1 unspecified atom stereocenters. The summed E-state index contributed by atoms with van der Waals surface area (Å²) in [5.74, 6) is -1.05. The highest BCUT2D eigenvalue weighted by Crippen LogP contribution is 2.50. The molecule has 1 aliphatic rings. The summed E-state index contributed by atoms with van der Waals surface area (Å²) in [4.78, 5) is 0. The molecule has 3 heteroatoms. The van der Waals surface area contributed by atoms with Crippen molar-refractivity contribution >= 4 is 11.6 Å². The summed E-state index contributed by atoms with van der Waals surface area (Å²) >= 11 is 6.13. The second kappa shape index (κ2) is 2.93. The Morgan fingerprint density at radius 1 is 1.36 bits per heavy atom. The number of hydrogen-bond donors (Lipinski definition) is 0. The minimum atomic E-state index is -0.525. The van der Waals surface area contributed by atoms with Crippen LogP contribution in [0.2, 0.25) is 0 Å². The molecule has 1 aliphatic carbocycles. The van der Waals surface area contributed by atoms with E-state index in [0.29, 0.717) is 17.5 Å². The lowest BCUT2D eigenvalue weighted by molar-refractivity contribution is 0.375. The van der Waals surface area contributed by atoms with Crippen LogP contribution in [0.1, 0.15) is 30.4 Å². The van der Waals surface area contributed by atoms with Gasteiger partial charge in [-0.3, -0.25) is 0 Å². The number of benzene rings is 1. The third-order valence-electron chi connectivity index (χ3n) is 2.77. The van der Waals surface area contributed by atoms with Gasteiger partial charge in [0.25, 0.3) is 0 Å². The predicted octanol–water partition coefficient (Wildman–Crippen LogP) is 3.83. The Morgan fingerprint density at radius 3 is 2.64 bits per heavy atom. The van der Waals surface area contributed by atoms with Crippen molar-refractivity contribution in [3.8, 4) is 0 Å². The predicted molar refractivity (Wildman–Crippen MR) is 52.4 cm³/mol. The lowest BCUT2D eigenvalue weighted by Gasteiger charge is -2.21. The van der Waals surface area contributed by atoms with Crippen molar-refractivity contribution in [3.63, 3.8) is 0 Å². The molecule has 0 fully saturated rings. The highest BCUT2D eigenvalue weighted by Gasteiger charge is 2.39. The fraction of sp³-hybridized carbons (Fsp3) is 0.455. The van der Waals surface area contributed by atoms with Crippen molar-refractivity contribution in [2.24, 2.45) is 5.41 Å². The Kier molecular flexibility index (Phi) is 2.07. The van der Waals surface area contributed by atoms with Gasteiger partial charge >= 0.3 is 0 Å². The maximum atomic E-state index is 13.4. The van der Waals surface area contributed by atoms with Crippen molar-refractivity contribution in [1.82, 2.24) is 0 Å². The average Bonchev–Trinajstić information content (AvgIpc) is 2.21. The van der Waals surface area contributed by atoms with Gasteiger partial charge in [0.2, 0.25) is 0 Å². The maximum Gasteiger partial charge on any atom is 0.131 e. The highest BCUT2D eigenvalue weighted by atomic mass is 35.5. The van der Waals surface area contributed by atoms with E-state index >= 15 is 0 Å². The molecule has 0 heterocycles. The van der Waals surface area contributed by atoms with Gasteiger partial charge in [-0.15, -0.1) is 11.6 Å². The standard InChI is InChI=1S/C11H11ClF2/c1-11(2)5-6-3-7(13)4-8(14)9(6)10(11)12/h3-4,10H,5H2,1-2H3. The van der Waals surface area contributed by atoms with Crippen LogP contribution in [0.5, 0.6) is 0 Å². The van der Waals surface area contributed by atoms with Gasteiger partial charge in [0.15, 0.2) is 0 Å². The van der Waals surface area contributed by atoms with Gasteiger partial charge < -0.3 is 0 Å². The average molecular weight is 217 g/mol. The fourth-order valence-electron chi connectivity index (χ4n) is 2.04. The quantitative estimate of drug-likeness (QED) is 0.579. The van der Waals surface area contributed by atoms with Crippen molar-refractivity contribution in [1.29, 1.82) is 0 Å². The van der Waals surface area contributed by atoms with Gasteiger partial charge in [0.1, 0.15) is 11.6 Å². The first-order chi connectivity index (χ1) is 6.42. The van der Waals surface area contributed by atoms with E-state index in [9.17, 15) is 8.78 Å². The van der Waals surface area contributed by atoms with Crippen molar-refractivity contribution < 1.29 is 8.78 Å². The molecule has 2 rings (SSSR count). The van der Waals surface area contributed by atoms with Crippen LogP contribution in [0.4, 0.5) is 8.78 Å². The molecule has 0 aliphatic heterocycles. The van der Waals surface area contributed by atoms with Gasteiger partial charge in [-0.2, -0.15) is 0 Å². The van der Waals surface area contributed by atoms with E-state index in [1.807, 2.05) is 13.8 Å². The number of rotatable bonds is 0. The molecule has 0 nitrogen and oxygen atoms in total. The lowest BCUT2D eigenvalue weighted by atomic mass is 9.90. The number of fused-ring (bicyclic) bond motifs is 1. The lowest BCUT2D eigenvalue weighted by Crippen LogP contribution is -2.13. The first-order valence-corrected chi connectivity index (χ1v) is 4.97. The fourth-order valence-corrected chi connectivity index (χ4v) is 2.36. The normalized spacial score (nSPS) is 23.6. The topological polar surface area (TPSA) is 0 Å². The molecule has 14 heavy (non-hydrogen) atoms. The summed E-state index contributed by atoms with van der Waals surface area (Å²) in [6, 6.07) is 2.28. The zero-order valence-electron chi connectivity index (χ0n) is 8.07. The molecule has 1 aromatic rings. The minimum Gasteiger partial charge on any atom is -0.207 e. The van der Waals surface area contributed by atoms with Gasteiger partial charge in [-0.05, 0) is 23.5 Å². The number of hydrogen-bond acceptors (Lipinski definition) is 0. The summed E-state index contributed by atoms with van der Waals surface area (Å²) in [5, 5.41) is -0.363. The van der Waals surface area contributed by atoms with E-state index in [0.717, 1.165) is 6.07 Å². The van der Waals surface area contributed by atoms with Crippen LogP contribution in [-0.4, -0.2) is 0 Å². The van der Waals surface area contributed by atoms with Crippen LogP contribution in [0.15, 0.2) is 12.1 Å². The Labute approximate surface area is 86.9 Å². The molecule has 0 bridgehead atoms. The highest BCUT2D eigenvalue weighted by molar-refractivity contribution is 6.21. The summed E-state index contributed by atoms with van der Waals surface area (Å²) in [7, 11) is 0. The van der Waals surface area contributed by atoms with E-state index < -0.39 is 11.6 Å².